The van der Waals surface area contributed by atoms with Crippen molar-refractivity contribution in [3.8, 4) is 0 Å². The molecule has 5 heteroatoms. The van der Waals surface area contributed by atoms with Gasteiger partial charge >= 0.3 is 0 Å². The lowest BCUT2D eigenvalue weighted by molar-refractivity contribution is 0.0779. The number of nitrogens with zero attached hydrogens (tertiary/aromatic N) is 1. The molecule has 0 bridgehead atoms. The zero-order valence-corrected chi connectivity index (χ0v) is 11.5. The summed E-state index contributed by atoms with van der Waals surface area (Å²) < 4.78 is 27.0. The fourth-order valence-corrected chi connectivity index (χ4v) is 1.67. The van der Waals surface area contributed by atoms with Gasteiger partial charge in [-0.3, -0.25) is 4.79 Å². The molecule has 19 heavy (non-hydrogen) atoms. The lowest BCUT2D eigenvalue weighted by Gasteiger charge is -2.22. The van der Waals surface area contributed by atoms with E-state index in [9.17, 15) is 13.6 Å². The molecule has 0 aromatic heterocycles. The highest BCUT2D eigenvalue weighted by molar-refractivity contribution is 5.94. The molecule has 0 fully saturated rings. The normalized spacial score (nSPS) is 12.6. The zero-order chi connectivity index (χ0) is 14.6. The average molecular weight is 270 g/mol. The highest BCUT2D eigenvalue weighted by Gasteiger charge is 2.21. The van der Waals surface area contributed by atoms with Gasteiger partial charge in [0.25, 0.3) is 5.91 Å². The van der Waals surface area contributed by atoms with Crippen LogP contribution in [0.3, 0.4) is 0 Å². The van der Waals surface area contributed by atoms with Crippen LogP contribution < -0.4 is 5.73 Å². The molecule has 0 radical (unpaired) electrons. The van der Waals surface area contributed by atoms with E-state index < -0.39 is 23.1 Å². The standard InChI is InChI=1S/C14H20F2N2O/c1-9(2)12(17)7-8-18(3)14(19)13-10(15)5-4-6-11(13)16/h4-6,9,12H,7-8,17H2,1-3H3. The molecule has 0 aliphatic carbocycles. The Labute approximate surface area is 112 Å². The lowest BCUT2D eigenvalue weighted by atomic mass is 10.0. The van der Waals surface area contributed by atoms with Crippen LogP contribution in [0, 0.1) is 17.6 Å². The van der Waals surface area contributed by atoms with E-state index in [1.165, 1.54) is 18.0 Å². The van der Waals surface area contributed by atoms with Gasteiger partial charge in [0.1, 0.15) is 17.2 Å². The van der Waals surface area contributed by atoms with Crippen molar-refractivity contribution in [1.82, 2.24) is 4.90 Å². The fourth-order valence-electron chi connectivity index (χ4n) is 1.67. The molecule has 1 amide bonds. The summed E-state index contributed by atoms with van der Waals surface area (Å²) in [6, 6.07) is 3.34. The largest absolute Gasteiger partial charge is 0.341 e. The maximum Gasteiger partial charge on any atom is 0.259 e. The smallest absolute Gasteiger partial charge is 0.259 e. The van der Waals surface area contributed by atoms with E-state index in [1.54, 1.807) is 0 Å². The maximum absolute atomic E-state index is 13.5. The topological polar surface area (TPSA) is 46.3 Å². The van der Waals surface area contributed by atoms with E-state index in [0.717, 1.165) is 12.1 Å². The molecule has 0 saturated heterocycles. The molecule has 1 atom stereocenters. The predicted octanol–water partition coefficient (Wildman–Crippen LogP) is 2.41. The molecule has 0 aliphatic rings. The average Bonchev–Trinajstić information content (AvgIpc) is 2.34. The molecule has 3 nitrogen and oxygen atoms in total. The molecule has 0 heterocycles. The van der Waals surface area contributed by atoms with Crippen molar-refractivity contribution in [2.75, 3.05) is 13.6 Å². The van der Waals surface area contributed by atoms with E-state index in [1.807, 2.05) is 13.8 Å². The lowest BCUT2D eigenvalue weighted by Crippen LogP contribution is -2.35. The first-order valence-corrected chi connectivity index (χ1v) is 6.29. The van der Waals surface area contributed by atoms with Crippen LogP contribution in [0.2, 0.25) is 0 Å². The van der Waals surface area contributed by atoms with Gasteiger partial charge < -0.3 is 10.6 Å². The Morgan fingerprint density at radius 2 is 1.84 bits per heavy atom. The zero-order valence-electron chi connectivity index (χ0n) is 11.5. The number of benzene rings is 1. The van der Waals surface area contributed by atoms with Gasteiger partial charge in [-0.15, -0.1) is 0 Å². The number of carbonyl (C=O) groups excluding carboxylic acids is 1. The van der Waals surface area contributed by atoms with E-state index in [0.29, 0.717) is 18.9 Å². The molecule has 2 N–H and O–H groups in total. The minimum Gasteiger partial charge on any atom is -0.341 e. The Kier molecular flexibility index (Phi) is 5.42. The summed E-state index contributed by atoms with van der Waals surface area (Å²) in [6.45, 7) is 4.35. The minimum absolute atomic E-state index is 0.0410. The predicted molar refractivity (Wildman–Crippen MR) is 70.7 cm³/mol. The van der Waals surface area contributed by atoms with E-state index in [4.69, 9.17) is 5.73 Å². The van der Waals surface area contributed by atoms with Crippen molar-refractivity contribution in [3.05, 3.63) is 35.4 Å². The third-order valence-electron chi connectivity index (χ3n) is 3.18. The van der Waals surface area contributed by atoms with E-state index in [2.05, 4.69) is 0 Å². The van der Waals surface area contributed by atoms with Gasteiger partial charge in [-0.2, -0.15) is 0 Å². The van der Waals surface area contributed by atoms with Crippen molar-refractivity contribution in [2.45, 2.75) is 26.3 Å². The summed E-state index contributed by atoms with van der Waals surface area (Å²) in [5.74, 6) is -2.05. The summed E-state index contributed by atoms with van der Waals surface area (Å²) in [5, 5.41) is 0. The van der Waals surface area contributed by atoms with Gasteiger partial charge in [0, 0.05) is 19.6 Å². The van der Waals surface area contributed by atoms with Crippen LogP contribution in [0.1, 0.15) is 30.6 Å². The fraction of sp³-hybridized carbons (Fsp3) is 0.500. The molecule has 0 spiro atoms. The monoisotopic (exact) mass is 270 g/mol. The molecular weight excluding hydrogens is 250 g/mol. The Bertz CT molecular complexity index is 429. The van der Waals surface area contributed by atoms with Crippen molar-refractivity contribution >= 4 is 5.91 Å². The first-order valence-electron chi connectivity index (χ1n) is 6.29. The summed E-state index contributed by atoms with van der Waals surface area (Å²) in [5.41, 5.74) is 5.37. The van der Waals surface area contributed by atoms with Gasteiger partial charge in [-0.05, 0) is 24.5 Å². The quantitative estimate of drug-likeness (QED) is 0.893. The minimum atomic E-state index is -0.843. The number of halogens is 2. The third-order valence-corrected chi connectivity index (χ3v) is 3.18. The van der Waals surface area contributed by atoms with Gasteiger partial charge in [-0.25, -0.2) is 8.78 Å². The van der Waals surface area contributed by atoms with Crippen LogP contribution in [-0.2, 0) is 0 Å². The van der Waals surface area contributed by atoms with Crippen LogP contribution in [-0.4, -0.2) is 30.4 Å². The van der Waals surface area contributed by atoms with Crippen LogP contribution in [0.15, 0.2) is 18.2 Å². The van der Waals surface area contributed by atoms with Crippen LogP contribution >= 0.6 is 0 Å². The summed E-state index contributed by atoms with van der Waals surface area (Å²) in [7, 11) is 1.52. The van der Waals surface area contributed by atoms with Crippen molar-refractivity contribution in [3.63, 3.8) is 0 Å². The molecule has 1 unspecified atom stereocenters. The second-order valence-corrected chi connectivity index (χ2v) is 5.02. The van der Waals surface area contributed by atoms with Gasteiger partial charge in [0.05, 0.1) is 0 Å². The van der Waals surface area contributed by atoms with Crippen LogP contribution in [0.5, 0.6) is 0 Å². The van der Waals surface area contributed by atoms with Crippen molar-refractivity contribution in [1.29, 1.82) is 0 Å². The number of hydrogen-bond donors (Lipinski definition) is 1. The summed E-state index contributed by atoms with van der Waals surface area (Å²) >= 11 is 0. The van der Waals surface area contributed by atoms with Crippen LogP contribution in [0.4, 0.5) is 8.78 Å². The Morgan fingerprint density at radius 3 is 2.32 bits per heavy atom. The van der Waals surface area contributed by atoms with Gasteiger partial charge in [-0.1, -0.05) is 19.9 Å². The molecule has 0 saturated carbocycles. The first-order chi connectivity index (χ1) is 8.84. The summed E-state index contributed by atoms with van der Waals surface area (Å²) in [4.78, 5) is 13.3. The molecular formula is C14H20F2N2O. The van der Waals surface area contributed by atoms with Crippen molar-refractivity contribution < 1.29 is 13.6 Å². The highest BCUT2D eigenvalue weighted by atomic mass is 19.1. The Balaban J connectivity index is 2.72. The molecule has 106 valence electrons. The van der Waals surface area contributed by atoms with Gasteiger partial charge in [0.15, 0.2) is 0 Å². The van der Waals surface area contributed by atoms with E-state index >= 15 is 0 Å². The molecule has 1 aromatic carbocycles. The second-order valence-electron chi connectivity index (χ2n) is 5.02. The number of rotatable bonds is 5. The number of amides is 1. The highest BCUT2D eigenvalue weighted by Crippen LogP contribution is 2.14. The summed E-state index contributed by atoms with van der Waals surface area (Å²) in [6.07, 6.45) is 0.593. The Hall–Kier alpha value is -1.49. The molecule has 1 rings (SSSR count). The maximum atomic E-state index is 13.5. The molecule has 1 aromatic rings. The Morgan fingerprint density at radius 1 is 1.32 bits per heavy atom. The number of hydrogen-bond acceptors (Lipinski definition) is 2. The van der Waals surface area contributed by atoms with Crippen molar-refractivity contribution in [2.24, 2.45) is 11.7 Å². The second kappa shape index (κ2) is 6.61. The van der Waals surface area contributed by atoms with Crippen LogP contribution in [0.25, 0.3) is 0 Å². The number of nitrogens with two attached hydrogens (primary N) is 1. The number of carbonyl (C=O) groups is 1. The molecule has 0 aliphatic heterocycles. The SMILES string of the molecule is CC(C)C(N)CCN(C)C(=O)c1c(F)cccc1F. The third kappa shape index (κ3) is 3.99. The first kappa shape index (κ1) is 15.6. The van der Waals surface area contributed by atoms with Gasteiger partial charge in [0.2, 0.25) is 0 Å². The van der Waals surface area contributed by atoms with E-state index in [-0.39, 0.29) is 6.04 Å².